The van der Waals surface area contributed by atoms with Crippen molar-refractivity contribution in [3.05, 3.63) is 0 Å². The van der Waals surface area contributed by atoms with E-state index in [-0.39, 0.29) is 37.0 Å². The zero-order valence-corrected chi connectivity index (χ0v) is 28.6. The van der Waals surface area contributed by atoms with E-state index in [1.54, 1.807) is 4.90 Å². The molecular formula is C30H55BrN2O10. The zero-order valence-electron chi connectivity index (χ0n) is 27.0. The summed E-state index contributed by atoms with van der Waals surface area (Å²) in [6.07, 6.45) is 5.88. The van der Waals surface area contributed by atoms with E-state index in [0.717, 1.165) is 44.4 Å². The Morgan fingerprint density at radius 1 is 0.721 bits per heavy atom. The fourth-order valence-electron chi connectivity index (χ4n) is 4.21. The van der Waals surface area contributed by atoms with Crippen molar-refractivity contribution < 1.29 is 47.9 Å². The summed E-state index contributed by atoms with van der Waals surface area (Å²) in [7, 11) is 0. The number of nitrogens with zero attached hydrogens (tertiary/aromatic N) is 2. The van der Waals surface area contributed by atoms with Crippen molar-refractivity contribution in [3.8, 4) is 0 Å². The normalized spacial score (nSPS) is 23.1. The molecule has 0 aromatic heterocycles. The topological polar surface area (TPSA) is 125 Å². The number of hydrogen-bond donors (Lipinski definition) is 1. The van der Waals surface area contributed by atoms with E-state index in [1.807, 2.05) is 41.5 Å². The fraction of sp³-hybridized carbons (Fsp3) is 0.933. The number of hydrogen-bond acceptors (Lipinski definition) is 10. The molecule has 0 saturated carbocycles. The molecule has 0 aliphatic carbocycles. The number of β-amino-alcohol motifs (C(OH)–C–C–N with tert-alkyl or cyclic N) is 1. The van der Waals surface area contributed by atoms with Gasteiger partial charge < -0.3 is 48.1 Å². The van der Waals surface area contributed by atoms with E-state index in [2.05, 4.69) is 15.9 Å². The molecule has 0 bridgehead atoms. The molecule has 4 heterocycles. The van der Waals surface area contributed by atoms with Crippen molar-refractivity contribution in [2.75, 3.05) is 64.5 Å². The SMILES string of the molecule is BrCCOC1CCCCO1.CC(C)(C)OC(=O)N1CC(O)C1.CC(C)(C)OC(=O)N1CC(OCCOC2CCCCO2)C1. The number of likely N-dealkylation sites (tertiary alicyclic amines) is 2. The third kappa shape index (κ3) is 17.2. The summed E-state index contributed by atoms with van der Waals surface area (Å²) in [6, 6.07) is 0. The smallest absolute Gasteiger partial charge is 0.410 e. The van der Waals surface area contributed by atoms with Gasteiger partial charge in [-0.3, -0.25) is 0 Å². The molecule has 4 aliphatic rings. The lowest BCUT2D eigenvalue weighted by atomic mass is 10.2. The van der Waals surface area contributed by atoms with Gasteiger partial charge in [-0.15, -0.1) is 0 Å². The Bertz CT molecular complexity index is 783. The molecule has 4 rings (SSSR count). The Labute approximate surface area is 266 Å². The standard InChI is InChI=1S/C15H27NO5.C8H15NO3.C7H13BrO2/c1-15(2,3)21-14(17)16-10-12(11-16)18-8-9-20-13-6-4-5-7-19-13;1-8(2,3)12-7(11)9-4-6(10)5-9;8-4-6-10-7-3-1-2-5-9-7/h12-13H,4-11H2,1-3H3;6,10H,4-5H2,1-3H3;7H,1-6H2. The van der Waals surface area contributed by atoms with Crippen molar-refractivity contribution in [2.45, 2.75) is 116 Å². The Kier molecular flexibility index (Phi) is 17.1. The minimum atomic E-state index is -0.448. The van der Waals surface area contributed by atoms with Crippen LogP contribution in [0.15, 0.2) is 0 Å². The number of carbonyl (C=O) groups is 2. The van der Waals surface area contributed by atoms with Crippen molar-refractivity contribution in [1.82, 2.24) is 9.80 Å². The Morgan fingerprint density at radius 2 is 1.16 bits per heavy atom. The molecule has 0 aromatic rings. The molecule has 4 aliphatic heterocycles. The maximum absolute atomic E-state index is 11.7. The van der Waals surface area contributed by atoms with Crippen LogP contribution in [0.25, 0.3) is 0 Å². The lowest BCUT2D eigenvalue weighted by Gasteiger charge is -2.39. The summed E-state index contributed by atoms with van der Waals surface area (Å²) in [5, 5.41) is 9.81. The molecule has 2 atom stereocenters. The van der Waals surface area contributed by atoms with Crippen molar-refractivity contribution in [1.29, 1.82) is 0 Å². The monoisotopic (exact) mass is 682 g/mol. The number of rotatable bonds is 8. The van der Waals surface area contributed by atoms with Crippen LogP contribution in [-0.2, 0) is 33.2 Å². The predicted octanol–water partition coefficient (Wildman–Crippen LogP) is 4.69. The van der Waals surface area contributed by atoms with Gasteiger partial charge in [0.2, 0.25) is 0 Å². The molecule has 2 unspecified atom stereocenters. The van der Waals surface area contributed by atoms with Gasteiger partial charge >= 0.3 is 12.2 Å². The number of carbonyl (C=O) groups excluding carboxylic acids is 2. The van der Waals surface area contributed by atoms with E-state index in [1.165, 1.54) is 24.2 Å². The second-order valence-electron chi connectivity index (χ2n) is 12.9. The van der Waals surface area contributed by atoms with Crippen molar-refractivity contribution in [2.24, 2.45) is 0 Å². The average Bonchev–Trinajstić information content (AvgIpc) is 2.89. The number of ether oxygens (including phenoxy) is 7. The van der Waals surface area contributed by atoms with Crippen LogP contribution in [0.1, 0.15) is 80.1 Å². The Morgan fingerprint density at radius 3 is 1.56 bits per heavy atom. The molecule has 0 aromatic carbocycles. The fourth-order valence-corrected chi connectivity index (χ4v) is 4.39. The molecular weight excluding hydrogens is 628 g/mol. The quantitative estimate of drug-likeness (QED) is 0.285. The van der Waals surface area contributed by atoms with Crippen LogP contribution in [-0.4, -0.2) is 128 Å². The van der Waals surface area contributed by atoms with Crippen LogP contribution in [0, 0.1) is 0 Å². The molecule has 4 saturated heterocycles. The first-order valence-electron chi connectivity index (χ1n) is 15.5. The first kappa shape index (κ1) is 38.0. The summed E-state index contributed by atoms with van der Waals surface area (Å²) in [5.41, 5.74) is -0.894. The highest BCUT2D eigenvalue weighted by molar-refractivity contribution is 9.09. The van der Waals surface area contributed by atoms with Gasteiger partial charge in [0.25, 0.3) is 0 Å². The number of amides is 2. The molecule has 12 nitrogen and oxygen atoms in total. The molecule has 4 fully saturated rings. The van der Waals surface area contributed by atoms with E-state index in [9.17, 15) is 9.59 Å². The van der Waals surface area contributed by atoms with E-state index >= 15 is 0 Å². The first-order valence-corrected chi connectivity index (χ1v) is 16.7. The van der Waals surface area contributed by atoms with Crippen molar-refractivity contribution >= 4 is 28.1 Å². The summed E-state index contributed by atoms with van der Waals surface area (Å²) < 4.78 is 37.8. The van der Waals surface area contributed by atoms with E-state index in [0.29, 0.717) is 39.4 Å². The molecule has 252 valence electrons. The van der Waals surface area contributed by atoms with Crippen LogP contribution < -0.4 is 0 Å². The molecule has 43 heavy (non-hydrogen) atoms. The van der Waals surface area contributed by atoms with Gasteiger partial charge in [-0.1, -0.05) is 15.9 Å². The van der Waals surface area contributed by atoms with Gasteiger partial charge in [-0.2, -0.15) is 0 Å². The molecule has 2 amide bonds. The summed E-state index contributed by atoms with van der Waals surface area (Å²) in [5.74, 6) is 0. The zero-order chi connectivity index (χ0) is 31.9. The minimum absolute atomic E-state index is 0.0676. The lowest BCUT2D eigenvalue weighted by Crippen LogP contribution is -2.56. The predicted molar refractivity (Wildman–Crippen MR) is 164 cm³/mol. The van der Waals surface area contributed by atoms with Gasteiger partial charge in [-0.05, 0) is 80.1 Å². The minimum Gasteiger partial charge on any atom is -0.444 e. The van der Waals surface area contributed by atoms with Gasteiger partial charge in [0.05, 0.1) is 58.2 Å². The number of halogens is 1. The van der Waals surface area contributed by atoms with E-state index < -0.39 is 11.2 Å². The van der Waals surface area contributed by atoms with Gasteiger partial charge in [0, 0.05) is 18.5 Å². The molecule has 0 radical (unpaired) electrons. The largest absolute Gasteiger partial charge is 0.444 e. The second kappa shape index (κ2) is 19.3. The summed E-state index contributed by atoms with van der Waals surface area (Å²) in [4.78, 5) is 26.0. The summed E-state index contributed by atoms with van der Waals surface area (Å²) in [6.45, 7) is 16.5. The van der Waals surface area contributed by atoms with Crippen molar-refractivity contribution in [3.63, 3.8) is 0 Å². The number of alkyl halides is 1. The number of aliphatic hydroxyl groups excluding tert-OH is 1. The molecule has 1 N–H and O–H groups in total. The van der Waals surface area contributed by atoms with Crippen LogP contribution in [0.3, 0.4) is 0 Å². The van der Waals surface area contributed by atoms with Crippen LogP contribution in [0.2, 0.25) is 0 Å². The van der Waals surface area contributed by atoms with Crippen LogP contribution in [0.4, 0.5) is 9.59 Å². The Balaban J connectivity index is 0.000000248. The summed E-state index contributed by atoms with van der Waals surface area (Å²) >= 11 is 3.30. The maximum atomic E-state index is 11.7. The van der Waals surface area contributed by atoms with E-state index in [4.69, 9.17) is 38.3 Å². The highest BCUT2D eigenvalue weighted by atomic mass is 79.9. The first-order chi connectivity index (χ1) is 20.3. The average molecular weight is 684 g/mol. The maximum Gasteiger partial charge on any atom is 0.410 e. The third-order valence-electron chi connectivity index (χ3n) is 6.41. The molecule has 0 spiro atoms. The Hall–Kier alpha value is -1.22. The third-order valence-corrected chi connectivity index (χ3v) is 6.73. The number of aliphatic hydroxyl groups is 1. The lowest BCUT2D eigenvalue weighted by molar-refractivity contribution is -0.175. The van der Waals surface area contributed by atoms with Gasteiger partial charge in [0.15, 0.2) is 12.6 Å². The molecule has 13 heteroatoms. The van der Waals surface area contributed by atoms with Gasteiger partial charge in [0.1, 0.15) is 11.2 Å². The second-order valence-corrected chi connectivity index (χ2v) is 13.7. The van der Waals surface area contributed by atoms with Crippen LogP contribution >= 0.6 is 15.9 Å². The highest BCUT2D eigenvalue weighted by Gasteiger charge is 2.34. The van der Waals surface area contributed by atoms with Crippen LogP contribution in [0.5, 0.6) is 0 Å². The highest BCUT2D eigenvalue weighted by Crippen LogP contribution is 2.18. The van der Waals surface area contributed by atoms with Gasteiger partial charge in [-0.25, -0.2) is 9.59 Å².